The lowest BCUT2D eigenvalue weighted by atomic mass is 10.0. The van der Waals surface area contributed by atoms with Crippen molar-refractivity contribution in [1.29, 1.82) is 0 Å². The fraction of sp³-hybridized carbons (Fsp3) is 0.268. The zero-order valence-corrected chi connectivity index (χ0v) is 31.5. The first-order valence-corrected chi connectivity index (χ1v) is 14.6. The van der Waals surface area contributed by atoms with Crippen LogP contribution in [0.3, 0.4) is 0 Å². The number of carbonyl (C=O) groups is 2. The van der Waals surface area contributed by atoms with Crippen molar-refractivity contribution in [3.05, 3.63) is 175 Å². The van der Waals surface area contributed by atoms with E-state index in [1.165, 1.54) is 5.01 Å². The predicted molar refractivity (Wildman–Crippen MR) is 225 cm³/mol. The average Bonchev–Trinajstić information content (AvgIpc) is 3.52. The minimum Gasteiger partial charge on any atom is -0.394 e. The van der Waals surface area contributed by atoms with Crippen LogP contribution in [0.2, 0.25) is 0 Å². The van der Waals surface area contributed by atoms with Gasteiger partial charge in [-0.2, -0.15) is 0 Å². The summed E-state index contributed by atoms with van der Waals surface area (Å²) in [5.74, 6) is -0.850. The Bertz CT molecular complexity index is 617. The Balaban J connectivity index is -0.0000000353. The van der Waals surface area contributed by atoms with Crippen molar-refractivity contribution in [3.8, 4) is 0 Å². The molecule has 3 N–H and O–H groups in total. The number of para-hydroxylation sites is 1. The number of aliphatic hydroxyl groups excluding tert-OH is 2. The van der Waals surface area contributed by atoms with Gasteiger partial charge in [0.05, 0.1) is 18.9 Å². The molecule has 0 bridgehead atoms. The van der Waals surface area contributed by atoms with Crippen molar-refractivity contribution in [2.24, 2.45) is 5.92 Å². The lowest BCUT2D eigenvalue weighted by Crippen LogP contribution is -2.35. The van der Waals surface area contributed by atoms with E-state index in [-0.39, 0.29) is 25.0 Å². The van der Waals surface area contributed by atoms with Gasteiger partial charge in [-0.05, 0) is 32.4 Å². The number of amides is 2. The third-order valence-electron chi connectivity index (χ3n) is 3.43. The summed E-state index contributed by atoms with van der Waals surface area (Å²) in [6.45, 7) is 73.5. The van der Waals surface area contributed by atoms with Crippen LogP contribution in [-0.4, -0.2) is 48.5 Å². The lowest BCUT2D eigenvalue weighted by molar-refractivity contribution is -0.127. The molecule has 1 fully saturated rings. The highest BCUT2D eigenvalue weighted by atomic mass is 16.5. The smallest absolute Gasteiger partial charge is 0.258 e. The number of benzene rings is 1. The van der Waals surface area contributed by atoms with Gasteiger partial charge in [-0.1, -0.05) is 38.0 Å². The van der Waals surface area contributed by atoms with Gasteiger partial charge in [-0.3, -0.25) is 15.0 Å². The Morgan fingerprint density at radius 1 is 0.604 bits per heavy atom. The van der Waals surface area contributed by atoms with Crippen molar-refractivity contribution in [2.75, 3.05) is 31.4 Å². The fourth-order valence-electron chi connectivity index (χ4n) is 2.15. The van der Waals surface area contributed by atoms with E-state index in [0.29, 0.717) is 12.1 Å². The standard InChI is InChI=1S/C13H16N2O2.C4H10O.C2H6O2.11C2H4/c1-2-3-9-11-12(16)14-15(13(11)17)10-7-5-4-6-8-10;1-3-5-4-2;3-1-2-4;11*1-2/h4-8,11H,2-3,9H2,1H3,(H,14,16);3-4H2,1-2H3;3-4H,1-2H2;11*1-2H2. The Morgan fingerprint density at radius 2 is 0.917 bits per heavy atom. The number of anilines is 1. The van der Waals surface area contributed by atoms with E-state index in [1.807, 2.05) is 39.0 Å². The molecule has 7 heteroatoms. The van der Waals surface area contributed by atoms with E-state index in [9.17, 15) is 9.59 Å². The maximum absolute atomic E-state index is 12.1. The summed E-state index contributed by atoms with van der Waals surface area (Å²) in [5, 5.41) is 16.6. The SMILES string of the molecule is C=C.C=C.C=C.C=C.C=C.C=C.C=C.C=C.C=C.C=C.C=C.CCCCC1C(=O)NN(c2ccccc2)C1=O.CCOCC.OCCO. The van der Waals surface area contributed by atoms with Gasteiger partial charge >= 0.3 is 0 Å². The molecular weight excluding hydrogens is 600 g/mol. The number of unbranched alkanes of at least 4 members (excludes halogenated alkanes) is 1. The summed E-state index contributed by atoms with van der Waals surface area (Å²) in [5.41, 5.74) is 3.34. The predicted octanol–water partition coefficient (Wildman–Crippen LogP) is 10.7. The van der Waals surface area contributed by atoms with Crippen LogP contribution in [0.25, 0.3) is 0 Å². The summed E-state index contributed by atoms with van der Waals surface area (Å²) < 4.78 is 4.83. The quantitative estimate of drug-likeness (QED) is 0.197. The van der Waals surface area contributed by atoms with Crippen LogP contribution in [0, 0.1) is 5.92 Å². The largest absolute Gasteiger partial charge is 0.394 e. The van der Waals surface area contributed by atoms with Crippen molar-refractivity contribution < 1.29 is 24.5 Å². The molecule has 1 atom stereocenters. The van der Waals surface area contributed by atoms with Gasteiger partial charge < -0.3 is 14.9 Å². The van der Waals surface area contributed by atoms with E-state index in [4.69, 9.17) is 14.9 Å². The molecule has 7 nitrogen and oxygen atoms in total. The molecule has 280 valence electrons. The number of ether oxygens (including phenoxy) is 1. The first-order chi connectivity index (χ1) is 23.6. The highest BCUT2D eigenvalue weighted by Crippen LogP contribution is 2.22. The third-order valence-corrected chi connectivity index (χ3v) is 3.43. The van der Waals surface area contributed by atoms with Crippen molar-refractivity contribution in [1.82, 2.24) is 5.43 Å². The maximum Gasteiger partial charge on any atom is 0.258 e. The lowest BCUT2D eigenvalue weighted by Gasteiger charge is -2.14. The topological polar surface area (TPSA) is 99.1 Å². The van der Waals surface area contributed by atoms with E-state index >= 15 is 0 Å². The molecule has 1 aromatic rings. The second-order valence-corrected chi connectivity index (χ2v) is 5.41. The van der Waals surface area contributed by atoms with E-state index < -0.39 is 5.92 Å². The van der Waals surface area contributed by atoms with Crippen molar-refractivity contribution >= 4 is 17.5 Å². The van der Waals surface area contributed by atoms with Crippen molar-refractivity contribution in [3.63, 3.8) is 0 Å². The molecule has 1 aliphatic rings. The van der Waals surface area contributed by atoms with Gasteiger partial charge in [-0.15, -0.1) is 145 Å². The first kappa shape index (κ1) is 79.0. The van der Waals surface area contributed by atoms with Gasteiger partial charge in [0.15, 0.2) is 0 Å². The summed E-state index contributed by atoms with van der Waals surface area (Å²) >= 11 is 0. The zero-order valence-electron chi connectivity index (χ0n) is 31.5. The molecule has 0 aromatic heterocycles. The van der Waals surface area contributed by atoms with E-state index in [0.717, 1.165) is 26.1 Å². The van der Waals surface area contributed by atoms with Crippen LogP contribution in [0.5, 0.6) is 0 Å². The van der Waals surface area contributed by atoms with Gasteiger partial charge in [0.2, 0.25) is 0 Å². The van der Waals surface area contributed by atoms with E-state index in [1.54, 1.807) is 12.1 Å². The molecule has 1 aliphatic heterocycles. The Hall–Kier alpha value is -4.82. The minimum atomic E-state index is -0.518. The number of hydrogen-bond acceptors (Lipinski definition) is 5. The van der Waals surface area contributed by atoms with Crippen LogP contribution < -0.4 is 10.4 Å². The Kier molecular flexibility index (Phi) is 201. The molecule has 1 aromatic carbocycles. The molecule has 1 heterocycles. The summed E-state index contributed by atoms with van der Waals surface area (Å²) in [6, 6.07) is 9.17. The second-order valence-electron chi connectivity index (χ2n) is 5.41. The number of hydrazine groups is 1. The second kappa shape index (κ2) is 122. The molecule has 1 unspecified atom stereocenters. The highest BCUT2D eigenvalue weighted by molar-refractivity contribution is 6.14. The molecule has 0 spiro atoms. The van der Waals surface area contributed by atoms with Crippen LogP contribution in [0.15, 0.2) is 175 Å². The number of carbonyl (C=O) groups excluding carboxylic acids is 2. The van der Waals surface area contributed by atoms with E-state index in [2.05, 4.69) is 150 Å². The number of aliphatic hydroxyl groups is 2. The molecule has 2 amide bonds. The zero-order chi connectivity index (χ0) is 41.8. The number of rotatable bonds is 7. The van der Waals surface area contributed by atoms with Crippen LogP contribution >= 0.6 is 0 Å². The van der Waals surface area contributed by atoms with Gasteiger partial charge in [0.25, 0.3) is 11.8 Å². The van der Waals surface area contributed by atoms with Crippen molar-refractivity contribution in [2.45, 2.75) is 40.0 Å². The molecule has 0 saturated carbocycles. The third kappa shape index (κ3) is 73.0. The minimum absolute atomic E-state index is 0.125. The molecule has 0 aliphatic carbocycles. The molecular formula is C41H76N2O5. The number of nitrogens with zero attached hydrogens (tertiary/aromatic N) is 1. The summed E-state index contributed by atoms with van der Waals surface area (Å²) in [7, 11) is 0. The Labute approximate surface area is 299 Å². The van der Waals surface area contributed by atoms with Gasteiger partial charge in [-0.25, -0.2) is 5.01 Å². The molecule has 2 rings (SSSR count). The average molecular weight is 677 g/mol. The monoisotopic (exact) mass is 677 g/mol. The maximum atomic E-state index is 12.1. The summed E-state index contributed by atoms with van der Waals surface area (Å²) in [6.07, 6.45) is 2.51. The summed E-state index contributed by atoms with van der Waals surface area (Å²) in [4.78, 5) is 23.8. The Morgan fingerprint density at radius 3 is 1.15 bits per heavy atom. The van der Waals surface area contributed by atoms with Crippen LogP contribution in [0.4, 0.5) is 5.69 Å². The first-order valence-electron chi connectivity index (χ1n) is 14.6. The fourth-order valence-corrected chi connectivity index (χ4v) is 2.15. The number of nitrogens with one attached hydrogen (secondary N) is 1. The molecule has 0 radical (unpaired) electrons. The highest BCUT2D eigenvalue weighted by Gasteiger charge is 2.39. The normalized spacial score (nSPS) is 9.35. The van der Waals surface area contributed by atoms with Gasteiger partial charge in [0, 0.05) is 13.2 Å². The van der Waals surface area contributed by atoms with Gasteiger partial charge in [0.1, 0.15) is 5.92 Å². The molecule has 48 heavy (non-hydrogen) atoms. The molecule has 1 saturated heterocycles. The van der Waals surface area contributed by atoms with Crippen LogP contribution in [0.1, 0.15) is 40.0 Å². The van der Waals surface area contributed by atoms with Crippen LogP contribution in [-0.2, 0) is 14.3 Å². The number of hydrogen-bond donors (Lipinski definition) is 3.